The number of aliphatic carboxylic acids is 1. The Morgan fingerprint density at radius 1 is 1.09 bits per heavy atom. The average Bonchev–Trinajstić information content (AvgIpc) is 3.02. The molecule has 4 aliphatic carbocycles. The average molecular weight is 457 g/mol. The van der Waals surface area contributed by atoms with E-state index in [-0.39, 0.29) is 16.9 Å². The van der Waals surface area contributed by atoms with Gasteiger partial charge in [-0.25, -0.2) is 4.79 Å². The molecule has 3 nitrogen and oxygen atoms in total. The van der Waals surface area contributed by atoms with Crippen LogP contribution in [0.15, 0.2) is 23.3 Å². The quantitative estimate of drug-likeness (QED) is 0.335. The van der Waals surface area contributed by atoms with E-state index in [1.807, 2.05) is 6.08 Å². The van der Waals surface area contributed by atoms with Crippen molar-refractivity contribution >= 4 is 5.97 Å². The molecule has 0 saturated heterocycles. The summed E-state index contributed by atoms with van der Waals surface area (Å²) >= 11 is 0. The zero-order valence-electron chi connectivity index (χ0n) is 22.2. The Bertz CT molecular complexity index is 853. The van der Waals surface area contributed by atoms with E-state index in [1.165, 1.54) is 32.1 Å². The monoisotopic (exact) mass is 456 g/mol. The Morgan fingerprint density at radius 2 is 1.79 bits per heavy atom. The largest absolute Gasteiger partial charge is 0.478 e. The van der Waals surface area contributed by atoms with Crippen LogP contribution in [-0.2, 0) is 4.79 Å². The highest BCUT2D eigenvalue weighted by atomic mass is 16.4. The van der Waals surface area contributed by atoms with Gasteiger partial charge in [-0.1, -0.05) is 59.3 Å². The van der Waals surface area contributed by atoms with Gasteiger partial charge < -0.3 is 10.2 Å². The summed E-state index contributed by atoms with van der Waals surface area (Å²) in [6.07, 6.45) is 14.7. The molecule has 8 atom stereocenters. The summed E-state index contributed by atoms with van der Waals surface area (Å²) in [5, 5.41) is 20.0. The van der Waals surface area contributed by atoms with Crippen molar-refractivity contribution in [1.82, 2.24) is 0 Å². The van der Waals surface area contributed by atoms with Gasteiger partial charge in [-0.2, -0.15) is 0 Å². The van der Waals surface area contributed by atoms with Crippen LogP contribution in [0.4, 0.5) is 0 Å². The lowest BCUT2D eigenvalue weighted by molar-refractivity contribution is -0.132. The lowest BCUT2D eigenvalue weighted by Crippen LogP contribution is -2.57. The number of aliphatic hydroxyl groups excluding tert-OH is 1. The molecule has 0 aromatic rings. The van der Waals surface area contributed by atoms with Gasteiger partial charge in [0.1, 0.15) is 0 Å². The van der Waals surface area contributed by atoms with Crippen LogP contribution in [0.2, 0.25) is 0 Å². The summed E-state index contributed by atoms with van der Waals surface area (Å²) in [5.74, 6) is 1.77. The fraction of sp³-hybridized carbons (Fsp3) is 0.833. The molecule has 0 heterocycles. The number of carboxylic acids is 1. The highest BCUT2D eigenvalue weighted by molar-refractivity contribution is 5.85. The number of hydrogen-bond donors (Lipinski definition) is 2. The molecule has 4 aliphatic rings. The van der Waals surface area contributed by atoms with E-state index in [2.05, 4.69) is 47.6 Å². The van der Waals surface area contributed by atoms with Gasteiger partial charge in [-0.3, -0.25) is 0 Å². The fourth-order valence-corrected chi connectivity index (χ4v) is 9.52. The number of carboxylic acid groups (broad SMARTS) is 1. The zero-order chi connectivity index (χ0) is 24.4. The van der Waals surface area contributed by atoms with Gasteiger partial charge in [0.2, 0.25) is 0 Å². The Kier molecular flexibility index (Phi) is 6.25. The van der Waals surface area contributed by atoms with Gasteiger partial charge in [-0.15, -0.1) is 0 Å². The molecular weight excluding hydrogens is 408 g/mol. The third-order valence-electron chi connectivity index (χ3n) is 12.0. The van der Waals surface area contributed by atoms with Crippen molar-refractivity contribution in [3.05, 3.63) is 23.3 Å². The smallest absolute Gasteiger partial charge is 0.330 e. The maximum absolute atomic E-state index is 11.1. The van der Waals surface area contributed by atoms with Crippen molar-refractivity contribution in [3.8, 4) is 0 Å². The van der Waals surface area contributed by atoms with E-state index in [9.17, 15) is 9.90 Å². The Balaban J connectivity index is 1.59. The van der Waals surface area contributed by atoms with Crippen LogP contribution in [0.5, 0.6) is 0 Å². The number of aliphatic hydroxyl groups is 1. The molecule has 3 fully saturated rings. The van der Waals surface area contributed by atoms with Crippen LogP contribution in [0.3, 0.4) is 0 Å². The first-order valence-corrected chi connectivity index (χ1v) is 13.6. The van der Waals surface area contributed by atoms with Crippen molar-refractivity contribution in [3.63, 3.8) is 0 Å². The minimum absolute atomic E-state index is 0.00517. The number of rotatable bonds is 5. The summed E-state index contributed by atoms with van der Waals surface area (Å²) < 4.78 is 0. The van der Waals surface area contributed by atoms with E-state index < -0.39 is 5.97 Å². The molecule has 33 heavy (non-hydrogen) atoms. The highest BCUT2D eigenvalue weighted by Crippen LogP contribution is 2.73. The summed E-state index contributed by atoms with van der Waals surface area (Å²) in [7, 11) is 0. The van der Waals surface area contributed by atoms with Gasteiger partial charge in [0.15, 0.2) is 0 Å². The first kappa shape index (κ1) is 25.0. The first-order valence-electron chi connectivity index (χ1n) is 13.6. The molecule has 3 heteroatoms. The van der Waals surface area contributed by atoms with E-state index in [4.69, 9.17) is 5.11 Å². The molecule has 0 bridgehead atoms. The lowest BCUT2D eigenvalue weighted by atomic mass is 9.41. The SMILES string of the molecule is C/C(=C\CC[C@@H](C)[C@H]1CC[C@@]2(C)[C@@H]3CC[C@@H]4C(C)(C)[C@@H](O)CC[C@]4(C)C3=CC[C@]12C)C(=O)O. The molecular formula is C30H48O3. The molecule has 0 aromatic carbocycles. The molecule has 0 aromatic heterocycles. The molecule has 186 valence electrons. The van der Waals surface area contributed by atoms with Crippen molar-refractivity contribution in [2.24, 2.45) is 45.3 Å². The van der Waals surface area contributed by atoms with Gasteiger partial charge in [-0.05, 0) is 110 Å². The second kappa shape index (κ2) is 8.25. The third-order valence-corrected chi connectivity index (χ3v) is 12.0. The predicted octanol–water partition coefficient (Wildman–Crippen LogP) is 7.40. The second-order valence-corrected chi connectivity index (χ2v) is 13.6. The van der Waals surface area contributed by atoms with E-state index in [0.29, 0.717) is 40.1 Å². The summed E-state index contributed by atoms with van der Waals surface area (Å²) in [6.45, 7) is 16.5. The molecule has 3 saturated carbocycles. The maximum Gasteiger partial charge on any atom is 0.330 e. The summed E-state index contributed by atoms with van der Waals surface area (Å²) in [5.41, 5.74) is 3.11. The number of fused-ring (bicyclic) bond motifs is 5. The normalized spacial score (nSPS) is 45.5. The van der Waals surface area contributed by atoms with Crippen molar-refractivity contribution < 1.29 is 15.0 Å². The fourth-order valence-electron chi connectivity index (χ4n) is 9.52. The number of hydrogen-bond acceptors (Lipinski definition) is 2. The van der Waals surface area contributed by atoms with Gasteiger partial charge in [0.05, 0.1) is 6.10 Å². The van der Waals surface area contributed by atoms with Crippen molar-refractivity contribution in [2.45, 2.75) is 112 Å². The van der Waals surface area contributed by atoms with Crippen LogP contribution < -0.4 is 0 Å². The van der Waals surface area contributed by atoms with Gasteiger partial charge >= 0.3 is 5.97 Å². The summed E-state index contributed by atoms with van der Waals surface area (Å²) in [4.78, 5) is 11.1. The maximum atomic E-state index is 11.1. The first-order chi connectivity index (χ1) is 15.3. The van der Waals surface area contributed by atoms with E-state index in [0.717, 1.165) is 25.7 Å². The third kappa shape index (κ3) is 3.58. The highest BCUT2D eigenvalue weighted by Gasteiger charge is 2.65. The predicted molar refractivity (Wildman–Crippen MR) is 135 cm³/mol. The molecule has 0 aliphatic heterocycles. The van der Waals surface area contributed by atoms with Gasteiger partial charge in [0.25, 0.3) is 0 Å². The van der Waals surface area contributed by atoms with Crippen LogP contribution in [0.1, 0.15) is 106 Å². The van der Waals surface area contributed by atoms with Crippen molar-refractivity contribution in [1.29, 1.82) is 0 Å². The Hall–Kier alpha value is -1.09. The van der Waals surface area contributed by atoms with Gasteiger partial charge in [0, 0.05) is 5.57 Å². The molecule has 0 amide bonds. The number of allylic oxidation sites excluding steroid dienone is 3. The topological polar surface area (TPSA) is 57.5 Å². The molecule has 0 spiro atoms. The molecule has 4 rings (SSSR count). The lowest BCUT2D eigenvalue weighted by Gasteiger charge is -2.64. The van der Waals surface area contributed by atoms with Crippen LogP contribution in [0.25, 0.3) is 0 Å². The number of carbonyl (C=O) groups is 1. The molecule has 2 N–H and O–H groups in total. The van der Waals surface area contributed by atoms with Crippen LogP contribution in [-0.4, -0.2) is 22.3 Å². The van der Waals surface area contributed by atoms with Crippen molar-refractivity contribution in [2.75, 3.05) is 0 Å². The molecule has 0 unspecified atom stereocenters. The van der Waals surface area contributed by atoms with E-state index >= 15 is 0 Å². The minimum Gasteiger partial charge on any atom is -0.478 e. The second-order valence-electron chi connectivity index (χ2n) is 13.6. The van der Waals surface area contributed by atoms with Crippen LogP contribution >= 0.6 is 0 Å². The van der Waals surface area contributed by atoms with Crippen LogP contribution in [0, 0.1) is 45.3 Å². The Labute approximate surface area is 202 Å². The van der Waals surface area contributed by atoms with E-state index in [1.54, 1.807) is 12.5 Å². The molecule has 0 radical (unpaired) electrons. The minimum atomic E-state index is -0.796. The summed E-state index contributed by atoms with van der Waals surface area (Å²) in [6, 6.07) is 0. The zero-order valence-corrected chi connectivity index (χ0v) is 22.2. The standard InChI is InChI=1S/C30H48O3/c1-19(9-8-10-20(2)26(32)33)21-13-17-30(7)23-11-12-24-27(3,4)25(31)15-16-28(24,5)22(23)14-18-29(21,30)6/h10,14,19,21,23-25,31H,8-9,11-13,15-18H2,1-7H3,(H,32,33)/b20-10+/t19-,21-,23-,24-,25+,28-,29-,30+/m1/s1. The Morgan fingerprint density at radius 3 is 2.45 bits per heavy atom.